The van der Waals surface area contributed by atoms with Crippen molar-refractivity contribution in [2.75, 3.05) is 33.4 Å². The van der Waals surface area contributed by atoms with Crippen molar-refractivity contribution in [3.8, 4) is 0 Å². The van der Waals surface area contributed by atoms with Crippen molar-refractivity contribution in [2.45, 2.75) is 46.3 Å². The van der Waals surface area contributed by atoms with Crippen molar-refractivity contribution < 1.29 is 19.4 Å². The zero-order valence-corrected chi connectivity index (χ0v) is 14.2. The number of ether oxygens (including phenoxy) is 2. The first-order chi connectivity index (χ1) is 9.69. The van der Waals surface area contributed by atoms with Gasteiger partial charge in [0.15, 0.2) is 0 Å². The zero-order valence-electron chi connectivity index (χ0n) is 14.2. The molecular weight excluding hydrogens is 272 g/mol. The molecule has 0 aromatic rings. The van der Waals surface area contributed by atoms with Crippen molar-refractivity contribution in [1.29, 1.82) is 0 Å². The molecule has 0 spiro atoms. The molecule has 0 rings (SSSR count). The number of hydrogen-bond donors (Lipinski definition) is 3. The Hall–Kier alpha value is -0.850. The molecule has 0 saturated heterocycles. The van der Waals surface area contributed by atoms with E-state index in [4.69, 9.17) is 9.47 Å². The van der Waals surface area contributed by atoms with Crippen molar-refractivity contribution >= 4 is 6.09 Å². The van der Waals surface area contributed by atoms with Crippen LogP contribution in [-0.2, 0) is 9.47 Å². The lowest BCUT2D eigenvalue weighted by atomic mass is 9.95. The molecule has 0 saturated carbocycles. The number of hydrogen-bond acceptors (Lipinski definition) is 5. The molecule has 2 atom stereocenters. The monoisotopic (exact) mass is 304 g/mol. The van der Waals surface area contributed by atoms with Gasteiger partial charge in [0, 0.05) is 20.2 Å². The number of aliphatic hydroxyl groups is 1. The van der Waals surface area contributed by atoms with E-state index in [1.54, 1.807) is 7.11 Å². The fraction of sp³-hybridized carbons (Fsp3) is 0.933. The maximum atomic E-state index is 11.7. The van der Waals surface area contributed by atoms with Crippen LogP contribution in [0.4, 0.5) is 4.79 Å². The van der Waals surface area contributed by atoms with Crippen LogP contribution in [0.3, 0.4) is 0 Å². The van der Waals surface area contributed by atoms with Gasteiger partial charge in [0.2, 0.25) is 0 Å². The quantitative estimate of drug-likeness (QED) is 0.600. The van der Waals surface area contributed by atoms with E-state index in [0.29, 0.717) is 25.6 Å². The van der Waals surface area contributed by atoms with Crippen LogP contribution in [-0.4, -0.2) is 56.3 Å². The highest BCUT2D eigenvalue weighted by Crippen LogP contribution is 2.10. The largest absolute Gasteiger partial charge is 0.444 e. The topological polar surface area (TPSA) is 79.8 Å². The molecular formula is C15H32N2O4. The van der Waals surface area contributed by atoms with E-state index in [1.807, 2.05) is 20.8 Å². The Kier molecular flexibility index (Phi) is 9.57. The molecule has 1 amide bonds. The highest BCUT2D eigenvalue weighted by molar-refractivity contribution is 5.67. The summed E-state index contributed by atoms with van der Waals surface area (Å²) in [5.41, 5.74) is -0.490. The molecule has 0 fully saturated rings. The SMILES string of the molecule is COCC(CO)NCC(CNC(=O)OC(C)(C)C)C(C)C. The summed E-state index contributed by atoms with van der Waals surface area (Å²) in [4.78, 5) is 11.7. The van der Waals surface area contributed by atoms with Crippen LogP contribution < -0.4 is 10.6 Å². The molecule has 6 nitrogen and oxygen atoms in total. The van der Waals surface area contributed by atoms with Gasteiger partial charge in [-0.15, -0.1) is 0 Å². The van der Waals surface area contributed by atoms with E-state index in [9.17, 15) is 9.90 Å². The average Bonchev–Trinajstić information content (AvgIpc) is 2.34. The van der Waals surface area contributed by atoms with Gasteiger partial charge < -0.3 is 25.2 Å². The standard InChI is InChI=1S/C15H32N2O4/c1-11(2)12(7-16-13(9-18)10-20-6)8-17-14(19)21-15(3,4)5/h11-13,16,18H,7-10H2,1-6H3,(H,17,19). The van der Waals surface area contributed by atoms with Gasteiger partial charge >= 0.3 is 6.09 Å². The second kappa shape index (κ2) is 9.97. The van der Waals surface area contributed by atoms with Gasteiger partial charge in [0.1, 0.15) is 5.60 Å². The Morgan fingerprint density at radius 2 is 1.86 bits per heavy atom. The molecule has 2 unspecified atom stereocenters. The number of nitrogens with one attached hydrogen (secondary N) is 2. The first kappa shape index (κ1) is 20.1. The number of amides is 1. The Morgan fingerprint density at radius 3 is 2.29 bits per heavy atom. The molecule has 3 N–H and O–H groups in total. The maximum absolute atomic E-state index is 11.7. The molecule has 0 aromatic heterocycles. The van der Waals surface area contributed by atoms with Crippen molar-refractivity contribution in [2.24, 2.45) is 11.8 Å². The van der Waals surface area contributed by atoms with Gasteiger partial charge in [-0.3, -0.25) is 0 Å². The fourth-order valence-electron chi connectivity index (χ4n) is 1.77. The molecule has 21 heavy (non-hydrogen) atoms. The van der Waals surface area contributed by atoms with Crippen LogP contribution in [0.15, 0.2) is 0 Å². The highest BCUT2D eigenvalue weighted by atomic mass is 16.6. The predicted molar refractivity (Wildman–Crippen MR) is 83.3 cm³/mol. The van der Waals surface area contributed by atoms with E-state index < -0.39 is 11.7 Å². The number of carbonyl (C=O) groups excluding carboxylic acids is 1. The second-order valence-corrected chi connectivity index (χ2v) is 6.63. The second-order valence-electron chi connectivity index (χ2n) is 6.63. The number of aliphatic hydroxyl groups excluding tert-OH is 1. The lowest BCUT2D eigenvalue weighted by Crippen LogP contribution is -2.44. The number of alkyl carbamates (subject to hydrolysis) is 1. The third-order valence-corrected chi connectivity index (χ3v) is 3.11. The van der Waals surface area contributed by atoms with Crippen LogP contribution in [0.5, 0.6) is 0 Å². The molecule has 0 radical (unpaired) electrons. The molecule has 0 aromatic carbocycles. The van der Waals surface area contributed by atoms with Gasteiger partial charge in [-0.05, 0) is 32.6 Å². The van der Waals surface area contributed by atoms with E-state index in [2.05, 4.69) is 24.5 Å². The van der Waals surface area contributed by atoms with Crippen LogP contribution in [0.1, 0.15) is 34.6 Å². The van der Waals surface area contributed by atoms with Crippen molar-refractivity contribution in [3.63, 3.8) is 0 Å². The molecule has 0 aliphatic carbocycles. The van der Waals surface area contributed by atoms with E-state index in [1.165, 1.54) is 0 Å². The molecule has 0 bridgehead atoms. The van der Waals surface area contributed by atoms with Crippen LogP contribution in [0.25, 0.3) is 0 Å². The summed E-state index contributed by atoms with van der Waals surface area (Å²) < 4.78 is 10.3. The lowest BCUT2D eigenvalue weighted by Gasteiger charge is -2.26. The molecule has 0 aliphatic rings. The smallest absolute Gasteiger partial charge is 0.407 e. The maximum Gasteiger partial charge on any atom is 0.407 e. The summed E-state index contributed by atoms with van der Waals surface area (Å²) in [7, 11) is 1.61. The minimum atomic E-state index is -0.490. The predicted octanol–water partition coefficient (Wildman–Crippen LogP) is 1.38. The third kappa shape index (κ3) is 10.5. The first-order valence-electron chi connectivity index (χ1n) is 7.49. The minimum Gasteiger partial charge on any atom is -0.444 e. The zero-order chi connectivity index (χ0) is 16.5. The van der Waals surface area contributed by atoms with Crippen LogP contribution in [0.2, 0.25) is 0 Å². The first-order valence-corrected chi connectivity index (χ1v) is 7.49. The normalized spacial score (nSPS) is 14.9. The van der Waals surface area contributed by atoms with Gasteiger partial charge in [-0.25, -0.2) is 4.79 Å². The summed E-state index contributed by atoms with van der Waals surface area (Å²) in [6.45, 7) is 11.4. The molecule has 0 heterocycles. The highest BCUT2D eigenvalue weighted by Gasteiger charge is 2.20. The number of carbonyl (C=O) groups is 1. The Labute approximate surface area is 128 Å². The number of methoxy groups -OCH3 is 1. The van der Waals surface area contributed by atoms with Gasteiger partial charge in [-0.2, -0.15) is 0 Å². The summed E-state index contributed by atoms with van der Waals surface area (Å²) >= 11 is 0. The summed E-state index contributed by atoms with van der Waals surface area (Å²) in [5, 5.41) is 15.3. The Bertz CT molecular complexity index is 290. The van der Waals surface area contributed by atoms with Crippen LogP contribution in [0, 0.1) is 11.8 Å². The summed E-state index contributed by atoms with van der Waals surface area (Å²) in [6.07, 6.45) is -0.399. The van der Waals surface area contributed by atoms with Crippen molar-refractivity contribution in [1.82, 2.24) is 10.6 Å². The number of rotatable bonds is 9. The average molecular weight is 304 g/mol. The van der Waals surface area contributed by atoms with Gasteiger partial charge in [-0.1, -0.05) is 13.8 Å². The fourth-order valence-corrected chi connectivity index (χ4v) is 1.77. The Balaban J connectivity index is 4.22. The van der Waals surface area contributed by atoms with Crippen molar-refractivity contribution in [3.05, 3.63) is 0 Å². The lowest BCUT2D eigenvalue weighted by molar-refractivity contribution is 0.0512. The summed E-state index contributed by atoms with van der Waals surface area (Å²) in [6, 6.07) is -0.0854. The van der Waals surface area contributed by atoms with Gasteiger partial charge in [0.25, 0.3) is 0 Å². The van der Waals surface area contributed by atoms with Gasteiger partial charge in [0.05, 0.1) is 19.3 Å². The molecule has 0 aliphatic heterocycles. The summed E-state index contributed by atoms with van der Waals surface area (Å²) in [5.74, 6) is 0.651. The van der Waals surface area contributed by atoms with E-state index >= 15 is 0 Å². The Morgan fingerprint density at radius 1 is 1.24 bits per heavy atom. The van der Waals surface area contributed by atoms with Crippen LogP contribution >= 0.6 is 0 Å². The van der Waals surface area contributed by atoms with E-state index in [-0.39, 0.29) is 18.6 Å². The third-order valence-electron chi connectivity index (χ3n) is 3.11. The van der Waals surface area contributed by atoms with E-state index in [0.717, 1.165) is 0 Å². The molecule has 6 heteroatoms. The minimum absolute atomic E-state index is 0.0259. The molecule has 126 valence electrons.